The molecule has 1 amide bonds. The van der Waals surface area contributed by atoms with E-state index in [0.29, 0.717) is 12.0 Å². The Bertz CT molecular complexity index is 471. The van der Waals surface area contributed by atoms with Crippen LogP contribution in [0.2, 0.25) is 0 Å². The summed E-state index contributed by atoms with van der Waals surface area (Å²) in [6.07, 6.45) is 0.680. The Hall–Kier alpha value is -1.88. The van der Waals surface area contributed by atoms with E-state index in [1.165, 1.54) is 4.90 Å². The third kappa shape index (κ3) is 4.06. The van der Waals surface area contributed by atoms with Gasteiger partial charge in [0.1, 0.15) is 12.6 Å². The van der Waals surface area contributed by atoms with Crippen molar-refractivity contribution in [3.05, 3.63) is 35.4 Å². The predicted molar refractivity (Wildman–Crippen MR) is 77.2 cm³/mol. The van der Waals surface area contributed by atoms with Crippen molar-refractivity contribution >= 4 is 11.9 Å². The number of nitrogens with two attached hydrogens (primary N) is 1. The first kappa shape index (κ1) is 16.2. The van der Waals surface area contributed by atoms with E-state index in [-0.39, 0.29) is 18.5 Å². The summed E-state index contributed by atoms with van der Waals surface area (Å²) >= 11 is 0. The van der Waals surface area contributed by atoms with Crippen molar-refractivity contribution in [1.29, 1.82) is 0 Å². The maximum absolute atomic E-state index is 12.4. The van der Waals surface area contributed by atoms with Crippen LogP contribution < -0.4 is 5.73 Å². The lowest BCUT2D eigenvalue weighted by Gasteiger charge is -2.29. The van der Waals surface area contributed by atoms with Crippen molar-refractivity contribution in [3.63, 3.8) is 0 Å². The van der Waals surface area contributed by atoms with Gasteiger partial charge < -0.3 is 15.7 Å². The number of aryl methyl sites for hydroxylation is 1. The summed E-state index contributed by atoms with van der Waals surface area (Å²) in [6.45, 7) is 5.35. The zero-order chi connectivity index (χ0) is 15.3. The summed E-state index contributed by atoms with van der Waals surface area (Å²) in [5.74, 6) is -1.39. The molecule has 3 N–H and O–H groups in total. The first-order valence-electron chi connectivity index (χ1n) is 6.71. The van der Waals surface area contributed by atoms with Crippen LogP contribution >= 0.6 is 0 Å². The molecular formula is C15H22N2O3. The van der Waals surface area contributed by atoms with Crippen LogP contribution in [0.1, 0.15) is 37.4 Å². The standard InChI is InChI=1S/C15H22N2O3/c1-4-11(3)17(9-13(18)19)15(20)14(16)12-7-5-10(2)6-8-12/h5-8,11,14H,4,9,16H2,1-3H3,(H,18,19). The van der Waals surface area contributed by atoms with Crippen LogP contribution in [0.5, 0.6) is 0 Å². The lowest BCUT2D eigenvalue weighted by atomic mass is 10.0. The van der Waals surface area contributed by atoms with Crippen LogP contribution in [0.15, 0.2) is 24.3 Å². The molecule has 110 valence electrons. The molecule has 0 radical (unpaired) electrons. The summed E-state index contributed by atoms with van der Waals surface area (Å²) in [4.78, 5) is 24.6. The molecule has 0 aliphatic carbocycles. The first-order chi connectivity index (χ1) is 9.36. The van der Waals surface area contributed by atoms with Gasteiger partial charge in [-0.3, -0.25) is 9.59 Å². The van der Waals surface area contributed by atoms with Gasteiger partial charge in [-0.2, -0.15) is 0 Å². The lowest BCUT2D eigenvalue weighted by molar-refractivity contribution is -0.146. The quantitative estimate of drug-likeness (QED) is 0.829. The number of carbonyl (C=O) groups excluding carboxylic acids is 1. The molecule has 5 nitrogen and oxygen atoms in total. The highest BCUT2D eigenvalue weighted by Gasteiger charge is 2.27. The largest absolute Gasteiger partial charge is 0.480 e. The minimum absolute atomic E-state index is 0.157. The summed E-state index contributed by atoms with van der Waals surface area (Å²) in [5.41, 5.74) is 7.75. The average Bonchev–Trinajstić information content (AvgIpc) is 2.43. The molecule has 0 aliphatic heterocycles. The highest BCUT2D eigenvalue weighted by Crippen LogP contribution is 2.16. The summed E-state index contributed by atoms with van der Waals surface area (Å²) in [7, 11) is 0. The molecule has 0 aromatic heterocycles. The molecule has 0 bridgehead atoms. The van der Waals surface area contributed by atoms with Crippen molar-refractivity contribution in [2.24, 2.45) is 5.73 Å². The molecule has 1 rings (SSSR count). The normalized spacial score (nSPS) is 13.6. The van der Waals surface area contributed by atoms with Gasteiger partial charge in [-0.1, -0.05) is 36.8 Å². The smallest absolute Gasteiger partial charge is 0.323 e. The van der Waals surface area contributed by atoms with Gasteiger partial charge in [-0.15, -0.1) is 0 Å². The molecule has 0 fully saturated rings. The number of rotatable bonds is 6. The van der Waals surface area contributed by atoms with Crippen molar-refractivity contribution in [3.8, 4) is 0 Å². The lowest BCUT2D eigenvalue weighted by Crippen LogP contribution is -2.46. The second-order valence-electron chi connectivity index (χ2n) is 5.01. The fourth-order valence-corrected chi connectivity index (χ4v) is 1.91. The molecule has 1 aromatic rings. The molecule has 0 spiro atoms. The van der Waals surface area contributed by atoms with E-state index in [1.54, 1.807) is 12.1 Å². The van der Waals surface area contributed by atoms with Crippen LogP contribution in [-0.2, 0) is 9.59 Å². The summed E-state index contributed by atoms with van der Waals surface area (Å²) in [6, 6.07) is 6.38. The fraction of sp³-hybridized carbons (Fsp3) is 0.467. The molecule has 1 aromatic carbocycles. The molecular weight excluding hydrogens is 256 g/mol. The minimum atomic E-state index is -1.03. The van der Waals surface area contributed by atoms with Gasteiger partial charge in [-0.05, 0) is 25.8 Å². The Labute approximate surface area is 119 Å². The number of hydrogen-bond donors (Lipinski definition) is 2. The van der Waals surface area contributed by atoms with Gasteiger partial charge in [-0.25, -0.2) is 0 Å². The topological polar surface area (TPSA) is 83.6 Å². The molecule has 0 saturated carbocycles. The Morgan fingerprint density at radius 2 is 1.85 bits per heavy atom. The van der Waals surface area contributed by atoms with E-state index < -0.39 is 12.0 Å². The van der Waals surface area contributed by atoms with Crippen molar-refractivity contribution in [2.75, 3.05) is 6.54 Å². The Kier molecular flexibility index (Phi) is 5.70. The number of hydrogen-bond acceptors (Lipinski definition) is 3. The van der Waals surface area contributed by atoms with E-state index in [4.69, 9.17) is 10.8 Å². The predicted octanol–water partition coefficient (Wildman–Crippen LogP) is 1.71. The fourth-order valence-electron chi connectivity index (χ4n) is 1.91. The number of carboxylic acid groups (broad SMARTS) is 1. The Balaban J connectivity index is 2.93. The Morgan fingerprint density at radius 1 is 1.30 bits per heavy atom. The van der Waals surface area contributed by atoms with Gasteiger partial charge in [0.05, 0.1) is 0 Å². The van der Waals surface area contributed by atoms with Crippen LogP contribution in [0.25, 0.3) is 0 Å². The number of benzene rings is 1. The molecule has 0 heterocycles. The SMILES string of the molecule is CCC(C)N(CC(=O)O)C(=O)C(N)c1ccc(C)cc1. The monoisotopic (exact) mass is 278 g/mol. The number of aliphatic carboxylic acids is 1. The van der Waals surface area contributed by atoms with Crippen molar-refractivity contribution in [2.45, 2.75) is 39.3 Å². The zero-order valence-corrected chi connectivity index (χ0v) is 12.2. The highest BCUT2D eigenvalue weighted by atomic mass is 16.4. The summed E-state index contributed by atoms with van der Waals surface area (Å²) in [5, 5.41) is 8.93. The molecule has 2 atom stereocenters. The maximum atomic E-state index is 12.4. The van der Waals surface area contributed by atoms with Gasteiger partial charge in [0.15, 0.2) is 0 Å². The molecule has 5 heteroatoms. The number of carboxylic acids is 1. The Morgan fingerprint density at radius 3 is 2.30 bits per heavy atom. The number of carbonyl (C=O) groups is 2. The molecule has 0 saturated heterocycles. The van der Waals surface area contributed by atoms with E-state index in [0.717, 1.165) is 5.56 Å². The highest BCUT2D eigenvalue weighted by molar-refractivity contribution is 5.86. The second-order valence-corrected chi connectivity index (χ2v) is 5.01. The van der Waals surface area contributed by atoms with E-state index in [2.05, 4.69) is 0 Å². The molecule has 2 unspecified atom stereocenters. The van der Waals surface area contributed by atoms with Gasteiger partial charge in [0.2, 0.25) is 5.91 Å². The second kappa shape index (κ2) is 7.05. The van der Waals surface area contributed by atoms with Crippen LogP contribution in [0.3, 0.4) is 0 Å². The zero-order valence-electron chi connectivity index (χ0n) is 12.2. The van der Waals surface area contributed by atoms with Crippen LogP contribution in [0.4, 0.5) is 0 Å². The maximum Gasteiger partial charge on any atom is 0.323 e. The van der Waals surface area contributed by atoms with Crippen molar-refractivity contribution in [1.82, 2.24) is 4.90 Å². The van der Waals surface area contributed by atoms with Crippen LogP contribution in [0, 0.1) is 6.92 Å². The van der Waals surface area contributed by atoms with Gasteiger partial charge in [0.25, 0.3) is 0 Å². The molecule has 0 aliphatic rings. The third-order valence-corrected chi connectivity index (χ3v) is 3.41. The van der Waals surface area contributed by atoms with E-state index in [1.807, 2.05) is 32.9 Å². The van der Waals surface area contributed by atoms with Gasteiger partial charge in [0, 0.05) is 6.04 Å². The number of nitrogens with zero attached hydrogens (tertiary/aromatic N) is 1. The summed E-state index contributed by atoms with van der Waals surface area (Å²) < 4.78 is 0. The average molecular weight is 278 g/mol. The minimum Gasteiger partial charge on any atom is -0.480 e. The van der Waals surface area contributed by atoms with Crippen molar-refractivity contribution < 1.29 is 14.7 Å². The molecule has 20 heavy (non-hydrogen) atoms. The van der Waals surface area contributed by atoms with Gasteiger partial charge >= 0.3 is 5.97 Å². The first-order valence-corrected chi connectivity index (χ1v) is 6.71. The van der Waals surface area contributed by atoms with E-state index in [9.17, 15) is 9.59 Å². The number of amides is 1. The van der Waals surface area contributed by atoms with E-state index >= 15 is 0 Å². The third-order valence-electron chi connectivity index (χ3n) is 3.41. The van der Waals surface area contributed by atoms with Crippen LogP contribution in [-0.4, -0.2) is 34.5 Å².